The van der Waals surface area contributed by atoms with Gasteiger partial charge in [0.1, 0.15) is 0 Å². The second-order valence-electron chi connectivity index (χ2n) is 4.75. The zero-order valence-corrected chi connectivity index (χ0v) is 10.6. The number of nitrogens with one attached hydrogen (secondary N) is 1. The van der Waals surface area contributed by atoms with E-state index in [0.29, 0.717) is 6.04 Å². The molecule has 0 spiro atoms. The van der Waals surface area contributed by atoms with Crippen molar-refractivity contribution in [2.24, 2.45) is 0 Å². The lowest BCUT2D eigenvalue weighted by Gasteiger charge is -2.38. The van der Waals surface area contributed by atoms with Crippen LogP contribution in [0.3, 0.4) is 0 Å². The lowest BCUT2D eigenvalue weighted by atomic mass is 10.0. The van der Waals surface area contributed by atoms with Crippen molar-refractivity contribution in [3.63, 3.8) is 0 Å². The van der Waals surface area contributed by atoms with Crippen molar-refractivity contribution in [1.82, 2.24) is 5.32 Å². The van der Waals surface area contributed by atoms with Gasteiger partial charge in [-0.05, 0) is 37.5 Å². The molecule has 2 heteroatoms. The average molecular weight is 218 g/mol. The van der Waals surface area contributed by atoms with E-state index in [1.54, 1.807) is 0 Å². The van der Waals surface area contributed by atoms with Gasteiger partial charge in [-0.3, -0.25) is 0 Å². The molecule has 16 heavy (non-hydrogen) atoms. The van der Waals surface area contributed by atoms with Crippen LogP contribution in [-0.2, 0) is 0 Å². The molecular weight excluding hydrogens is 196 g/mol. The zero-order valence-electron chi connectivity index (χ0n) is 10.6. The third-order valence-corrected chi connectivity index (χ3v) is 3.50. The molecule has 2 rings (SSSR count). The summed E-state index contributed by atoms with van der Waals surface area (Å²) in [7, 11) is 0. The molecular formula is C14H22N2. The maximum Gasteiger partial charge on any atom is 0.0412 e. The number of hydrogen-bond donors (Lipinski definition) is 1. The molecule has 1 aliphatic rings. The largest absolute Gasteiger partial charge is 0.366 e. The first-order valence-corrected chi connectivity index (χ1v) is 6.27. The van der Waals surface area contributed by atoms with E-state index in [9.17, 15) is 0 Å². The van der Waals surface area contributed by atoms with Crippen LogP contribution in [-0.4, -0.2) is 25.7 Å². The zero-order chi connectivity index (χ0) is 11.5. The van der Waals surface area contributed by atoms with Gasteiger partial charge in [0.05, 0.1) is 0 Å². The summed E-state index contributed by atoms with van der Waals surface area (Å²) in [6, 6.07) is 7.40. The predicted octanol–water partition coefficient (Wildman–Crippen LogP) is 2.49. The Morgan fingerprint density at radius 2 is 2.19 bits per heavy atom. The third-order valence-electron chi connectivity index (χ3n) is 3.50. The fraction of sp³-hybridized carbons (Fsp3) is 0.571. The van der Waals surface area contributed by atoms with Gasteiger partial charge in [-0.1, -0.05) is 19.1 Å². The quantitative estimate of drug-likeness (QED) is 0.820. The molecule has 2 nitrogen and oxygen atoms in total. The van der Waals surface area contributed by atoms with Crippen molar-refractivity contribution < 1.29 is 0 Å². The maximum atomic E-state index is 3.48. The molecule has 1 saturated heterocycles. The van der Waals surface area contributed by atoms with Crippen molar-refractivity contribution in [1.29, 1.82) is 0 Å². The van der Waals surface area contributed by atoms with E-state index in [0.717, 1.165) is 19.6 Å². The molecule has 1 aliphatic heterocycles. The molecule has 0 bridgehead atoms. The van der Waals surface area contributed by atoms with Gasteiger partial charge in [0, 0.05) is 31.4 Å². The van der Waals surface area contributed by atoms with Crippen LogP contribution in [0.1, 0.15) is 24.5 Å². The van der Waals surface area contributed by atoms with E-state index in [1.165, 1.54) is 23.2 Å². The van der Waals surface area contributed by atoms with E-state index in [-0.39, 0.29) is 0 Å². The second-order valence-corrected chi connectivity index (χ2v) is 4.75. The first-order valence-electron chi connectivity index (χ1n) is 6.27. The smallest absolute Gasteiger partial charge is 0.0412 e. The van der Waals surface area contributed by atoms with Crippen molar-refractivity contribution in [2.75, 3.05) is 24.5 Å². The Morgan fingerprint density at radius 3 is 2.94 bits per heavy atom. The molecule has 0 amide bonds. The van der Waals surface area contributed by atoms with Gasteiger partial charge in [0.25, 0.3) is 0 Å². The van der Waals surface area contributed by atoms with Crippen molar-refractivity contribution in [3.8, 4) is 0 Å². The van der Waals surface area contributed by atoms with E-state index in [2.05, 4.69) is 49.2 Å². The second kappa shape index (κ2) is 4.88. The molecule has 0 radical (unpaired) electrons. The van der Waals surface area contributed by atoms with Gasteiger partial charge in [-0.2, -0.15) is 0 Å². The molecule has 88 valence electrons. The number of aryl methyl sites for hydroxylation is 2. The first-order chi connectivity index (χ1) is 7.72. The minimum Gasteiger partial charge on any atom is -0.366 e. The minimum absolute atomic E-state index is 0.647. The standard InChI is InChI=1S/C14H22N2/c1-4-13-10-15-7-8-16(13)14-9-11(2)5-6-12(14)3/h5-6,9,13,15H,4,7-8,10H2,1-3H3. The molecule has 1 unspecified atom stereocenters. The van der Waals surface area contributed by atoms with Crippen LogP contribution >= 0.6 is 0 Å². The topological polar surface area (TPSA) is 15.3 Å². The Balaban J connectivity index is 2.30. The molecule has 1 atom stereocenters. The highest BCUT2D eigenvalue weighted by molar-refractivity contribution is 5.56. The van der Waals surface area contributed by atoms with Crippen LogP contribution in [0.2, 0.25) is 0 Å². The Labute approximate surface area is 98.7 Å². The van der Waals surface area contributed by atoms with Crippen molar-refractivity contribution >= 4 is 5.69 Å². The van der Waals surface area contributed by atoms with Gasteiger partial charge >= 0.3 is 0 Å². The number of anilines is 1. The molecule has 0 aliphatic carbocycles. The van der Waals surface area contributed by atoms with Gasteiger partial charge in [-0.15, -0.1) is 0 Å². The van der Waals surface area contributed by atoms with Gasteiger partial charge in [0.2, 0.25) is 0 Å². The van der Waals surface area contributed by atoms with Crippen LogP contribution in [0.5, 0.6) is 0 Å². The fourth-order valence-electron chi connectivity index (χ4n) is 2.47. The minimum atomic E-state index is 0.647. The van der Waals surface area contributed by atoms with Crippen LogP contribution in [0, 0.1) is 13.8 Å². The lowest BCUT2D eigenvalue weighted by molar-refractivity contribution is 0.466. The molecule has 0 aromatic heterocycles. The average Bonchev–Trinajstić information content (AvgIpc) is 2.32. The summed E-state index contributed by atoms with van der Waals surface area (Å²) in [5.41, 5.74) is 4.17. The fourth-order valence-corrected chi connectivity index (χ4v) is 2.47. The Kier molecular flexibility index (Phi) is 3.49. The number of hydrogen-bond acceptors (Lipinski definition) is 2. The summed E-state index contributed by atoms with van der Waals surface area (Å²) < 4.78 is 0. The summed E-state index contributed by atoms with van der Waals surface area (Å²) in [6.07, 6.45) is 1.21. The molecule has 1 heterocycles. The summed E-state index contributed by atoms with van der Waals surface area (Å²) in [4.78, 5) is 2.57. The highest BCUT2D eigenvalue weighted by Crippen LogP contribution is 2.25. The van der Waals surface area contributed by atoms with Gasteiger partial charge in [0.15, 0.2) is 0 Å². The molecule has 1 N–H and O–H groups in total. The van der Waals surface area contributed by atoms with Crippen molar-refractivity contribution in [2.45, 2.75) is 33.2 Å². The number of rotatable bonds is 2. The predicted molar refractivity (Wildman–Crippen MR) is 70.2 cm³/mol. The van der Waals surface area contributed by atoms with Gasteiger partial charge in [-0.25, -0.2) is 0 Å². The SMILES string of the molecule is CCC1CNCCN1c1cc(C)ccc1C. The van der Waals surface area contributed by atoms with Crippen LogP contribution < -0.4 is 10.2 Å². The van der Waals surface area contributed by atoms with Crippen LogP contribution in [0.15, 0.2) is 18.2 Å². The highest BCUT2D eigenvalue weighted by Gasteiger charge is 2.21. The Morgan fingerprint density at radius 1 is 1.38 bits per heavy atom. The number of piperazine rings is 1. The monoisotopic (exact) mass is 218 g/mol. The summed E-state index contributed by atoms with van der Waals surface area (Å²) in [6.45, 7) is 10.0. The normalized spacial score (nSPS) is 21.2. The summed E-state index contributed by atoms with van der Waals surface area (Å²) in [5, 5.41) is 3.48. The Bertz CT molecular complexity index is 360. The number of benzene rings is 1. The molecule has 1 aromatic carbocycles. The van der Waals surface area contributed by atoms with E-state index >= 15 is 0 Å². The molecule has 0 saturated carbocycles. The van der Waals surface area contributed by atoms with Crippen LogP contribution in [0.4, 0.5) is 5.69 Å². The van der Waals surface area contributed by atoms with E-state index in [1.807, 2.05) is 0 Å². The van der Waals surface area contributed by atoms with E-state index < -0.39 is 0 Å². The third kappa shape index (κ3) is 2.22. The van der Waals surface area contributed by atoms with Gasteiger partial charge < -0.3 is 10.2 Å². The lowest BCUT2D eigenvalue weighted by Crippen LogP contribution is -2.51. The number of nitrogens with zero attached hydrogens (tertiary/aromatic N) is 1. The highest BCUT2D eigenvalue weighted by atomic mass is 15.2. The maximum absolute atomic E-state index is 3.48. The summed E-state index contributed by atoms with van der Waals surface area (Å²) >= 11 is 0. The van der Waals surface area contributed by atoms with E-state index in [4.69, 9.17) is 0 Å². The molecule has 1 aromatic rings. The first kappa shape index (κ1) is 11.5. The Hall–Kier alpha value is -1.02. The summed E-state index contributed by atoms with van der Waals surface area (Å²) in [5.74, 6) is 0. The van der Waals surface area contributed by atoms with Crippen molar-refractivity contribution in [3.05, 3.63) is 29.3 Å². The molecule has 1 fully saturated rings. The van der Waals surface area contributed by atoms with Crippen LogP contribution in [0.25, 0.3) is 0 Å².